The second-order valence-corrected chi connectivity index (χ2v) is 6.64. The maximum atomic E-state index is 12.7. The number of nitrogens with zero attached hydrogens (tertiary/aromatic N) is 1. The average molecular weight is 389 g/mol. The van der Waals surface area contributed by atoms with Gasteiger partial charge in [0.1, 0.15) is 0 Å². The highest BCUT2D eigenvalue weighted by Crippen LogP contribution is 2.27. The molecular formula is C21H25ClN2O3. The van der Waals surface area contributed by atoms with E-state index in [2.05, 4.69) is 5.32 Å². The van der Waals surface area contributed by atoms with Crippen LogP contribution in [0.3, 0.4) is 0 Å². The molecule has 0 aliphatic heterocycles. The first-order chi connectivity index (χ1) is 12.9. The molecule has 0 heterocycles. The fourth-order valence-corrected chi connectivity index (χ4v) is 2.73. The summed E-state index contributed by atoms with van der Waals surface area (Å²) in [4.78, 5) is 14.5. The van der Waals surface area contributed by atoms with Gasteiger partial charge in [-0.15, -0.1) is 0 Å². The fraction of sp³-hybridized carbons (Fsp3) is 0.286. The van der Waals surface area contributed by atoms with E-state index in [-0.39, 0.29) is 5.91 Å². The molecule has 2 rings (SSSR count). The van der Waals surface area contributed by atoms with Gasteiger partial charge in [0.05, 0.1) is 19.8 Å². The molecule has 5 nitrogen and oxygen atoms in total. The molecule has 27 heavy (non-hydrogen) atoms. The van der Waals surface area contributed by atoms with Crippen molar-refractivity contribution in [2.75, 3.05) is 34.9 Å². The van der Waals surface area contributed by atoms with Gasteiger partial charge in [-0.3, -0.25) is 4.79 Å². The number of carbonyl (C=O) groups excluding carboxylic acids is 1. The number of hydrogen-bond acceptors (Lipinski definition) is 4. The third kappa shape index (κ3) is 5.93. The van der Waals surface area contributed by atoms with E-state index in [1.54, 1.807) is 32.6 Å². The number of halogens is 1. The highest BCUT2D eigenvalue weighted by molar-refractivity contribution is 6.30. The van der Waals surface area contributed by atoms with Crippen molar-refractivity contribution in [1.29, 1.82) is 0 Å². The van der Waals surface area contributed by atoms with Crippen LogP contribution in [-0.2, 0) is 11.2 Å². The molecule has 2 aromatic carbocycles. The molecule has 2 aromatic rings. The molecule has 0 radical (unpaired) electrons. The summed E-state index contributed by atoms with van der Waals surface area (Å²) in [6.45, 7) is 0.507. The summed E-state index contributed by atoms with van der Waals surface area (Å²) < 4.78 is 10.6. The highest BCUT2D eigenvalue weighted by Gasteiger charge is 2.13. The topological polar surface area (TPSA) is 50.8 Å². The Morgan fingerprint density at radius 2 is 1.74 bits per heavy atom. The molecule has 0 atom stereocenters. The largest absolute Gasteiger partial charge is 0.493 e. The SMILES string of the molecule is COc1ccc(CCNC(=O)/C(=C\N(C)C)c2ccc(Cl)cc2)cc1OC. The molecule has 0 bridgehead atoms. The van der Waals surface area contributed by atoms with Gasteiger partial charge in [0, 0.05) is 31.9 Å². The maximum Gasteiger partial charge on any atom is 0.253 e. The van der Waals surface area contributed by atoms with Gasteiger partial charge in [-0.2, -0.15) is 0 Å². The van der Waals surface area contributed by atoms with Crippen LogP contribution in [0, 0.1) is 0 Å². The van der Waals surface area contributed by atoms with Gasteiger partial charge in [0.15, 0.2) is 11.5 Å². The number of carbonyl (C=O) groups is 1. The van der Waals surface area contributed by atoms with E-state index in [0.29, 0.717) is 35.1 Å². The van der Waals surface area contributed by atoms with Gasteiger partial charge >= 0.3 is 0 Å². The number of rotatable bonds is 8. The van der Waals surface area contributed by atoms with E-state index in [0.717, 1.165) is 11.1 Å². The molecule has 0 aliphatic rings. The molecule has 0 aromatic heterocycles. The van der Waals surface area contributed by atoms with Crippen LogP contribution in [0.4, 0.5) is 0 Å². The molecule has 0 unspecified atom stereocenters. The summed E-state index contributed by atoms with van der Waals surface area (Å²) >= 11 is 5.95. The molecule has 1 amide bonds. The standard InChI is InChI=1S/C21H25ClN2O3/c1-24(2)14-18(16-6-8-17(22)9-7-16)21(25)23-12-11-15-5-10-19(26-3)20(13-15)27-4/h5-10,13-14H,11-12H2,1-4H3,(H,23,25)/b18-14-. The van der Waals surface area contributed by atoms with Crippen LogP contribution in [0.15, 0.2) is 48.7 Å². The second kappa shape index (κ2) is 9.88. The van der Waals surface area contributed by atoms with Crippen LogP contribution >= 0.6 is 11.6 Å². The Labute approximate surface area is 165 Å². The zero-order chi connectivity index (χ0) is 19.8. The monoisotopic (exact) mass is 388 g/mol. The summed E-state index contributed by atoms with van der Waals surface area (Å²) in [6, 6.07) is 13.0. The fourth-order valence-electron chi connectivity index (χ4n) is 2.60. The van der Waals surface area contributed by atoms with Crippen molar-refractivity contribution in [3.63, 3.8) is 0 Å². The third-order valence-electron chi connectivity index (χ3n) is 3.93. The summed E-state index contributed by atoms with van der Waals surface area (Å²) in [5.74, 6) is 1.23. The van der Waals surface area contributed by atoms with Gasteiger partial charge < -0.3 is 19.7 Å². The molecule has 0 spiro atoms. The number of benzene rings is 2. The molecule has 0 aliphatic carbocycles. The van der Waals surface area contributed by atoms with Crippen molar-refractivity contribution in [3.05, 3.63) is 64.8 Å². The van der Waals surface area contributed by atoms with E-state index in [4.69, 9.17) is 21.1 Å². The second-order valence-electron chi connectivity index (χ2n) is 6.21. The molecule has 0 saturated carbocycles. The van der Waals surface area contributed by atoms with E-state index in [9.17, 15) is 4.79 Å². The lowest BCUT2D eigenvalue weighted by atomic mass is 10.1. The predicted octanol–water partition coefficient (Wildman–Crippen LogP) is 3.62. The molecule has 1 N–H and O–H groups in total. The lowest BCUT2D eigenvalue weighted by Gasteiger charge is -2.14. The van der Waals surface area contributed by atoms with Crippen molar-refractivity contribution in [2.45, 2.75) is 6.42 Å². The zero-order valence-corrected chi connectivity index (χ0v) is 16.8. The third-order valence-corrected chi connectivity index (χ3v) is 4.19. The minimum absolute atomic E-state index is 0.133. The van der Waals surface area contributed by atoms with E-state index >= 15 is 0 Å². The van der Waals surface area contributed by atoms with Crippen LogP contribution in [0.2, 0.25) is 5.02 Å². The minimum Gasteiger partial charge on any atom is -0.493 e. The first-order valence-electron chi connectivity index (χ1n) is 8.58. The van der Waals surface area contributed by atoms with Crippen LogP contribution in [0.5, 0.6) is 11.5 Å². The zero-order valence-electron chi connectivity index (χ0n) is 16.1. The Hall–Kier alpha value is -2.66. The number of ether oxygens (including phenoxy) is 2. The van der Waals surface area contributed by atoms with Crippen LogP contribution < -0.4 is 14.8 Å². The summed E-state index contributed by atoms with van der Waals surface area (Å²) in [6.07, 6.45) is 2.48. The number of amides is 1. The molecular weight excluding hydrogens is 364 g/mol. The van der Waals surface area contributed by atoms with E-state index in [1.165, 1.54) is 0 Å². The van der Waals surface area contributed by atoms with E-state index in [1.807, 2.05) is 49.3 Å². The lowest BCUT2D eigenvalue weighted by Crippen LogP contribution is -2.27. The van der Waals surface area contributed by atoms with Crippen LogP contribution in [-0.4, -0.2) is 45.7 Å². The van der Waals surface area contributed by atoms with Gasteiger partial charge in [-0.25, -0.2) is 0 Å². The van der Waals surface area contributed by atoms with E-state index < -0.39 is 0 Å². The molecule has 0 saturated heterocycles. The van der Waals surface area contributed by atoms with Gasteiger partial charge in [-0.05, 0) is 41.8 Å². The Bertz CT molecular complexity index is 802. The van der Waals surface area contributed by atoms with Gasteiger partial charge in [-0.1, -0.05) is 29.8 Å². The average Bonchev–Trinajstić information content (AvgIpc) is 2.66. The van der Waals surface area contributed by atoms with Crippen LogP contribution in [0.1, 0.15) is 11.1 Å². The summed E-state index contributed by atoms with van der Waals surface area (Å²) in [5.41, 5.74) is 2.46. The van der Waals surface area contributed by atoms with Crippen molar-refractivity contribution in [3.8, 4) is 11.5 Å². The normalized spacial score (nSPS) is 11.1. The van der Waals surface area contributed by atoms with Crippen molar-refractivity contribution < 1.29 is 14.3 Å². The Morgan fingerprint density at radius 1 is 1.07 bits per heavy atom. The Morgan fingerprint density at radius 3 is 2.33 bits per heavy atom. The molecule has 0 fully saturated rings. The number of methoxy groups -OCH3 is 2. The Kier molecular flexibility index (Phi) is 7.55. The predicted molar refractivity (Wildman–Crippen MR) is 109 cm³/mol. The van der Waals surface area contributed by atoms with Gasteiger partial charge in [0.25, 0.3) is 5.91 Å². The molecule has 144 valence electrons. The van der Waals surface area contributed by atoms with Crippen LogP contribution in [0.25, 0.3) is 5.57 Å². The lowest BCUT2D eigenvalue weighted by molar-refractivity contribution is -0.115. The maximum absolute atomic E-state index is 12.7. The first-order valence-corrected chi connectivity index (χ1v) is 8.95. The smallest absolute Gasteiger partial charge is 0.253 e. The van der Waals surface area contributed by atoms with Crippen molar-refractivity contribution >= 4 is 23.1 Å². The number of hydrogen-bond donors (Lipinski definition) is 1. The Balaban J connectivity index is 2.05. The number of nitrogens with one attached hydrogen (secondary N) is 1. The van der Waals surface area contributed by atoms with Crippen molar-refractivity contribution in [2.24, 2.45) is 0 Å². The minimum atomic E-state index is -0.133. The quantitative estimate of drug-likeness (QED) is 0.702. The molecule has 6 heteroatoms. The highest BCUT2D eigenvalue weighted by atomic mass is 35.5. The van der Waals surface area contributed by atoms with Crippen molar-refractivity contribution in [1.82, 2.24) is 10.2 Å². The summed E-state index contributed by atoms with van der Waals surface area (Å²) in [7, 11) is 6.97. The summed E-state index contributed by atoms with van der Waals surface area (Å²) in [5, 5.41) is 3.61. The van der Waals surface area contributed by atoms with Gasteiger partial charge in [0.2, 0.25) is 0 Å². The first kappa shape index (κ1) is 20.6.